The molecule has 5 nitrogen and oxygen atoms in total. The molecule has 0 aromatic carbocycles. The molecule has 1 saturated carbocycles. The highest BCUT2D eigenvalue weighted by Gasteiger charge is 2.38. The summed E-state index contributed by atoms with van der Waals surface area (Å²) in [5.74, 6) is -0.359. The number of amides is 1. The average Bonchev–Trinajstić information content (AvgIpc) is 3.20. The molecule has 1 aliphatic carbocycles. The van der Waals surface area contributed by atoms with Crippen LogP contribution < -0.4 is 5.32 Å². The number of halogens is 3. The minimum atomic E-state index is -4.50. The van der Waals surface area contributed by atoms with Gasteiger partial charge < -0.3 is 5.32 Å². The molecule has 8 heteroatoms. The number of nitrogens with zero attached hydrogens (tertiary/aromatic N) is 3. The molecule has 0 saturated heterocycles. The number of rotatable bonds is 4. The van der Waals surface area contributed by atoms with Crippen molar-refractivity contribution >= 4 is 11.6 Å². The third-order valence-electron chi connectivity index (χ3n) is 3.35. The van der Waals surface area contributed by atoms with Crippen LogP contribution in [0.5, 0.6) is 0 Å². The molecular formula is C14H13F3N4O. The molecule has 1 amide bonds. The third-order valence-corrected chi connectivity index (χ3v) is 3.35. The first-order valence-electron chi connectivity index (χ1n) is 6.78. The summed E-state index contributed by atoms with van der Waals surface area (Å²) in [5.41, 5.74) is 0.0551. The van der Waals surface area contributed by atoms with Crippen molar-refractivity contribution in [2.75, 3.05) is 5.32 Å². The quantitative estimate of drug-likeness (QED) is 0.944. The van der Waals surface area contributed by atoms with Gasteiger partial charge in [-0.05, 0) is 31.0 Å². The molecule has 0 atom stereocenters. The topological polar surface area (TPSA) is 59.8 Å². The third kappa shape index (κ3) is 3.26. The predicted molar refractivity (Wildman–Crippen MR) is 72.1 cm³/mol. The van der Waals surface area contributed by atoms with Crippen LogP contribution in [0.4, 0.5) is 18.9 Å². The lowest BCUT2D eigenvalue weighted by Crippen LogP contribution is -2.21. The van der Waals surface area contributed by atoms with Crippen molar-refractivity contribution in [2.45, 2.75) is 31.5 Å². The zero-order chi connectivity index (χ0) is 15.7. The second-order valence-corrected chi connectivity index (χ2v) is 5.17. The normalized spacial score (nSPS) is 14.9. The van der Waals surface area contributed by atoms with Crippen LogP contribution in [-0.2, 0) is 17.5 Å². The Morgan fingerprint density at radius 2 is 2.00 bits per heavy atom. The summed E-state index contributed by atoms with van der Waals surface area (Å²) in [6, 6.07) is 4.24. The van der Waals surface area contributed by atoms with Gasteiger partial charge in [0.15, 0.2) is 5.69 Å². The lowest BCUT2D eigenvalue weighted by atomic mass is 10.2. The summed E-state index contributed by atoms with van der Waals surface area (Å²) in [6.07, 6.45) is 0.183. The largest absolute Gasteiger partial charge is 0.435 e. The van der Waals surface area contributed by atoms with Crippen molar-refractivity contribution in [3.63, 3.8) is 0 Å². The number of carbonyl (C=O) groups is 1. The van der Waals surface area contributed by atoms with Crippen molar-refractivity contribution < 1.29 is 18.0 Å². The minimum Gasteiger partial charge on any atom is -0.324 e. The maximum Gasteiger partial charge on any atom is 0.435 e. The van der Waals surface area contributed by atoms with Crippen molar-refractivity contribution in [1.82, 2.24) is 14.8 Å². The number of aromatic nitrogens is 3. The SMILES string of the molecule is O=C(Cn1nc(C(F)(F)F)cc1C1CC1)Nc1ccncc1. The van der Waals surface area contributed by atoms with E-state index in [4.69, 9.17) is 0 Å². The Balaban J connectivity index is 1.76. The van der Waals surface area contributed by atoms with Crippen LogP contribution in [0.3, 0.4) is 0 Å². The Morgan fingerprint density at radius 3 is 2.59 bits per heavy atom. The first-order chi connectivity index (χ1) is 10.4. The fourth-order valence-corrected chi connectivity index (χ4v) is 2.18. The van der Waals surface area contributed by atoms with Crippen molar-refractivity contribution in [3.05, 3.63) is 42.0 Å². The van der Waals surface area contributed by atoms with E-state index in [1.165, 1.54) is 12.4 Å². The van der Waals surface area contributed by atoms with Gasteiger partial charge in [0, 0.05) is 29.7 Å². The van der Waals surface area contributed by atoms with E-state index in [-0.39, 0.29) is 12.5 Å². The molecule has 3 rings (SSSR count). The number of alkyl halides is 3. The summed E-state index contributed by atoms with van der Waals surface area (Å²) in [7, 11) is 0. The number of carbonyl (C=O) groups excluding carboxylic acids is 1. The van der Waals surface area contributed by atoms with Gasteiger partial charge in [-0.15, -0.1) is 0 Å². The molecule has 1 N–H and O–H groups in total. The molecule has 0 unspecified atom stereocenters. The van der Waals surface area contributed by atoms with Gasteiger partial charge >= 0.3 is 6.18 Å². The summed E-state index contributed by atoms with van der Waals surface area (Å²) < 4.78 is 39.4. The molecule has 0 spiro atoms. The first kappa shape index (κ1) is 14.6. The fourth-order valence-electron chi connectivity index (χ4n) is 2.18. The monoisotopic (exact) mass is 310 g/mol. The van der Waals surface area contributed by atoms with Crippen molar-refractivity contribution in [3.8, 4) is 0 Å². The van der Waals surface area contributed by atoms with E-state index in [0.717, 1.165) is 23.6 Å². The maximum atomic E-state index is 12.8. The number of anilines is 1. The Morgan fingerprint density at radius 1 is 1.32 bits per heavy atom. The number of hydrogen-bond acceptors (Lipinski definition) is 3. The van der Waals surface area contributed by atoms with E-state index in [2.05, 4.69) is 15.4 Å². The molecule has 2 heterocycles. The molecule has 0 bridgehead atoms. The number of nitrogens with one attached hydrogen (secondary N) is 1. The van der Waals surface area contributed by atoms with E-state index in [9.17, 15) is 18.0 Å². The smallest absolute Gasteiger partial charge is 0.324 e. The average molecular weight is 310 g/mol. The summed E-state index contributed by atoms with van der Waals surface area (Å²) in [5, 5.41) is 6.15. The van der Waals surface area contributed by atoms with Gasteiger partial charge in [-0.3, -0.25) is 14.5 Å². The zero-order valence-electron chi connectivity index (χ0n) is 11.5. The fraction of sp³-hybridized carbons (Fsp3) is 0.357. The van der Waals surface area contributed by atoms with E-state index >= 15 is 0 Å². The second-order valence-electron chi connectivity index (χ2n) is 5.17. The predicted octanol–water partition coefficient (Wildman–Crippen LogP) is 2.81. The van der Waals surface area contributed by atoms with Gasteiger partial charge in [0.05, 0.1) is 0 Å². The lowest BCUT2D eigenvalue weighted by Gasteiger charge is -2.08. The molecule has 22 heavy (non-hydrogen) atoms. The molecule has 0 radical (unpaired) electrons. The standard InChI is InChI=1S/C14H13F3N4O/c15-14(16,17)12-7-11(9-1-2-9)21(20-12)8-13(22)19-10-3-5-18-6-4-10/h3-7,9H,1-2,8H2,(H,18,19,22). The Hall–Kier alpha value is -2.38. The van der Waals surface area contributed by atoms with E-state index in [1.54, 1.807) is 12.1 Å². The van der Waals surface area contributed by atoms with Crippen LogP contribution in [0.25, 0.3) is 0 Å². The Labute approximate surface area is 124 Å². The van der Waals surface area contributed by atoms with E-state index in [0.29, 0.717) is 11.4 Å². The van der Waals surface area contributed by atoms with Crippen molar-refractivity contribution in [1.29, 1.82) is 0 Å². The molecule has 1 aliphatic rings. The second kappa shape index (κ2) is 5.43. The highest BCUT2D eigenvalue weighted by Crippen LogP contribution is 2.42. The van der Waals surface area contributed by atoms with Crippen LogP contribution in [0.15, 0.2) is 30.6 Å². The Bertz CT molecular complexity index is 677. The highest BCUT2D eigenvalue weighted by molar-refractivity contribution is 5.90. The van der Waals surface area contributed by atoms with Crippen LogP contribution >= 0.6 is 0 Å². The van der Waals surface area contributed by atoms with Gasteiger partial charge in [0.25, 0.3) is 0 Å². The van der Waals surface area contributed by atoms with E-state index < -0.39 is 17.8 Å². The lowest BCUT2D eigenvalue weighted by molar-refractivity contribution is -0.141. The zero-order valence-corrected chi connectivity index (χ0v) is 11.5. The molecular weight excluding hydrogens is 297 g/mol. The van der Waals surface area contributed by atoms with Crippen LogP contribution in [-0.4, -0.2) is 20.7 Å². The van der Waals surface area contributed by atoms with Gasteiger partial charge in [-0.2, -0.15) is 18.3 Å². The van der Waals surface area contributed by atoms with Gasteiger partial charge in [-0.25, -0.2) is 0 Å². The van der Waals surface area contributed by atoms with Gasteiger partial charge in [0.1, 0.15) is 6.54 Å². The number of pyridine rings is 1. The van der Waals surface area contributed by atoms with Crippen LogP contribution in [0.1, 0.15) is 30.1 Å². The molecule has 116 valence electrons. The van der Waals surface area contributed by atoms with E-state index in [1.807, 2.05) is 0 Å². The van der Waals surface area contributed by atoms with Gasteiger partial charge in [-0.1, -0.05) is 0 Å². The summed E-state index contributed by atoms with van der Waals surface area (Å²) in [6.45, 7) is -0.246. The highest BCUT2D eigenvalue weighted by atomic mass is 19.4. The van der Waals surface area contributed by atoms with Crippen LogP contribution in [0, 0.1) is 0 Å². The molecule has 1 fully saturated rings. The molecule has 0 aliphatic heterocycles. The molecule has 2 aromatic heterocycles. The number of hydrogen-bond donors (Lipinski definition) is 1. The first-order valence-corrected chi connectivity index (χ1v) is 6.78. The molecule has 2 aromatic rings. The van der Waals surface area contributed by atoms with Crippen molar-refractivity contribution in [2.24, 2.45) is 0 Å². The van der Waals surface area contributed by atoms with Crippen LogP contribution in [0.2, 0.25) is 0 Å². The maximum absolute atomic E-state index is 12.8. The summed E-state index contributed by atoms with van der Waals surface area (Å²) in [4.78, 5) is 15.8. The minimum absolute atomic E-state index is 0.0670. The Kier molecular flexibility index (Phi) is 3.59. The summed E-state index contributed by atoms with van der Waals surface area (Å²) >= 11 is 0. The van der Waals surface area contributed by atoms with Gasteiger partial charge in [0.2, 0.25) is 5.91 Å².